The molecule has 1 heterocycles. The predicted molar refractivity (Wildman–Crippen MR) is 82.1 cm³/mol. The van der Waals surface area contributed by atoms with Crippen molar-refractivity contribution in [2.45, 2.75) is 10.0 Å². The Labute approximate surface area is 129 Å². The number of halogens is 1. The van der Waals surface area contributed by atoms with Gasteiger partial charge in [0.05, 0.1) is 0 Å². The molecular weight excluding hydrogens is 369 g/mol. The molecule has 0 saturated carbocycles. The Morgan fingerprint density at radius 1 is 1.15 bits per heavy atom. The molecule has 0 radical (unpaired) electrons. The number of hydrogen-bond donors (Lipinski definition) is 2. The summed E-state index contributed by atoms with van der Waals surface area (Å²) >= 11 is 1.82. The first-order valence-electron chi connectivity index (χ1n) is 6.12. The third-order valence-electron chi connectivity index (χ3n) is 3.15. The second kappa shape index (κ2) is 5.16. The Balaban J connectivity index is 1.85. The summed E-state index contributed by atoms with van der Waals surface area (Å²) in [5.74, 6) is -0.237. The molecule has 20 heavy (non-hydrogen) atoms. The van der Waals surface area contributed by atoms with E-state index in [2.05, 4.69) is 5.32 Å². The molecule has 0 saturated heterocycles. The van der Waals surface area contributed by atoms with Gasteiger partial charge < -0.3 is 15.2 Å². The highest BCUT2D eigenvalue weighted by molar-refractivity contribution is 14.1. The van der Waals surface area contributed by atoms with E-state index in [-0.39, 0.29) is 5.91 Å². The molecule has 2 atom stereocenters. The van der Waals surface area contributed by atoms with Crippen LogP contribution in [0.3, 0.4) is 0 Å². The van der Waals surface area contributed by atoms with E-state index < -0.39 is 10.0 Å². The molecule has 2 N–H and O–H groups in total. The molecule has 3 rings (SSSR count). The molecule has 0 spiro atoms. The lowest BCUT2D eigenvalue weighted by molar-refractivity contribution is -0.142. The van der Waals surface area contributed by atoms with Crippen molar-refractivity contribution in [1.29, 1.82) is 0 Å². The Morgan fingerprint density at radius 3 is 2.55 bits per heavy atom. The van der Waals surface area contributed by atoms with Crippen LogP contribution < -0.4 is 5.32 Å². The predicted octanol–water partition coefficient (Wildman–Crippen LogP) is 2.68. The highest BCUT2D eigenvalue weighted by Crippen LogP contribution is 2.44. The van der Waals surface area contributed by atoms with E-state index in [1.54, 1.807) is 30.3 Å². The maximum atomic E-state index is 12.1. The number of carbonyl (C=O) groups is 1. The van der Waals surface area contributed by atoms with E-state index in [1.807, 2.05) is 46.9 Å². The Hall–Kier alpha value is -1.44. The quantitative estimate of drug-likeness (QED) is 0.621. The summed E-state index contributed by atoms with van der Waals surface area (Å²) in [5, 5.41) is 13.0. The standard InChI is InChI=1S/C15H12INO3/c16-15(19)12-9-5-4-8-11(12)14(20-15)17-13(18)10-6-2-1-3-7-10/h1-9,14,19H,(H,17,18). The van der Waals surface area contributed by atoms with Gasteiger partial charge in [-0.3, -0.25) is 4.79 Å². The summed E-state index contributed by atoms with van der Waals surface area (Å²) in [6, 6.07) is 16.2. The fourth-order valence-electron chi connectivity index (χ4n) is 2.19. The van der Waals surface area contributed by atoms with Crippen molar-refractivity contribution >= 4 is 28.5 Å². The van der Waals surface area contributed by atoms with Crippen LogP contribution in [-0.2, 0) is 8.53 Å². The number of hydrogen-bond acceptors (Lipinski definition) is 3. The van der Waals surface area contributed by atoms with Gasteiger partial charge in [-0.15, -0.1) is 0 Å². The first kappa shape index (κ1) is 13.5. The molecule has 0 aliphatic carbocycles. The molecule has 2 aromatic carbocycles. The van der Waals surface area contributed by atoms with Crippen LogP contribution in [0, 0.1) is 0 Å². The lowest BCUT2D eigenvalue weighted by Gasteiger charge is -2.18. The van der Waals surface area contributed by atoms with Crippen molar-refractivity contribution in [2.24, 2.45) is 0 Å². The van der Waals surface area contributed by atoms with Gasteiger partial charge in [0.2, 0.25) is 3.79 Å². The van der Waals surface area contributed by atoms with Crippen LogP contribution in [0.5, 0.6) is 0 Å². The van der Waals surface area contributed by atoms with Gasteiger partial charge >= 0.3 is 0 Å². The van der Waals surface area contributed by atoms with Gasteiger partial charge in [0.1, 0.15) is 0 Å². The second-order valence-electron chi connectivity index (χ2n) is 4.49. The van der Waals surface area contributed by atoms with Crippen molar-refractivity contribution in [1.82, 2.24) is 5.32 Å². The Kier molecular flexibility index (Phi) is 3.49. The zero-order chi connectivity index (χ0) is 14.2. The third-order valence-corrected chi connectivity index (χ3v) is 3.98. The maximum absolute atomic E-state index is 12.1. The van der Waals surface area contributed by atoms with Gasteiger partial charge in [-0.1, -0.05) is 42.5 Å². The van der Waals surface area contributed by atoms with Crippen LogP contribution in [-0.4, -0.2) is 11.0 Å². The van der Waals surface area contributed by atoms with Gasteiger partial charge in [0.25, 0.3) is 5.91 Å². The number of fused-ring (bicyclic) bond motifs is 1. The van der Waals surface area contributed by atoms with Gasteiger partial charge in [-0.2, -0.15) is 0 Å². The number of amides is 1. The molecule has 1 aliphatic rings. The van der Waals surface area contributed by atoms with Crippen molar-refractivity contribution in [2.75, 3.05) is 0 Å². The lowest BCUT2D eigenvalue weighted by Crippen LogP contribution is -2.29. The minimum Gasteiger partial charge on any atom is -0.354 e. The monoisotopic (exact) mass is 381 g/mol. The summed E-state index contributed by atoms with van der Waals surface area (Å²) in [6.07, 6.45) is -0.652. The van der Waals surface area contributed by atoms with Gasteiger partial charge in [-0.25, -0.2) is 0 Å². The van der Waals surface area contributed by atoms with Crippen LogP contribution in [0.1, 0.15) is 27.7 Å². The first-order chi connectivity index (χ1) is 9.58. The Morgan fingerprint density at radius 2 is 1.80 bits per heavy atom. The van der Waals surface area contributed by atoms with Crippen LogP contribution >= 0.6 is 22.6 Å². The summed E-state index contributed by atoms with van der Waals surface area (Å²) in [6.45, 7) is 0. The fourth-order valence-corrected chi connectivity index (χ4v) is 2.93. The summed E-state index contributed by atoms with van der Waals surface area (Å²) in [7, 11) is 0. The minimum atomic E-state index is -1.41. The van der Waals surface area contributed by atoms with E-state index in [9.17, 15) is 9.90 Å². The summed E-state index contributed by atoms with van der Waals surface area (Å²) < 4.78 is 4.11. The van der Waals surface area contributed by atoms with Crippen molar-refractivity contribution < 1.29 is 14.6 Å². The van der Waals surface area contributed by atoms with Gasteiger partial charge in [0, 0.05) is 16.7 Å². The first-order valence-corrected chi connectivity index (χ1v) is 7.20. The second-order valence-corrected chi connectivity index (χ2v) is 5.95. The van der Waals surface area contributed by atoms with Crippen LogP contribution in [0.15, 0.2) is 54.6 Å². The van der Waals surface area contributed by atoms with Crippen molar-refractivity contribution in [3.63, 3.8) is 0 Å². The summed E-state index contributed by atoms with van der Waals surface area (Å²) in [4.78, 5) is 12.1. The summed E-state index contributed by atoms with van der Waals surface area (Å²) in [5.41, 5.74) is 1.99. The molecule has 2 aromatic rings. The molecule has 1 amide bonds. The van der Waals surface area contributed by atoms with E-state index in [0.29, 0.717) is 11.1 Å². The number of nitrogens with one attached hydrogen (secondary N) is 1. The molecule has 0 aromatic heterocycles. The van der Waals surface area contributed by atoms with E-state index in [0.717, 1.165) is 5.56 Å². The number of benzene rings is 2. The highest BCUT2D eigenvalue weighted by atomic mass is 127. The van der Waals surface area contributed by atoms with E-state index in [4.69, 9.17) is 4.74 Å². The normalized spacial score (nSPS) is 24.2. The average Bonchev–Trinajstić information content (AvgIpc) is 2.72. The number of carbonyl (C=O) groups excluding carboxylic acids is 1. The molecule has 5 heteroatoms. The van der Waals surface area contributed by atoms with Gasteiger partial charge in [0.15, 0.2) is 6.23 Å². The number of rotatable bonds is 2. The SMILES string of the molecule is O=C(NC1OC(O)(I)c2ccccc21)c1ccccc1. The molecule has 2 unspecified atom stereocenters. The Bertz CT molecular complexity index is 643. The smallest absolute Gasteiger partial charge is 0.253 e. The molecule has 1 aliphatic heterocycles. The molecule has 4 nitrogen and oxygen atoms in total. The zero-order valence-electron chi connectivity index (χ0n) is 10.4. The zero-order valence-corrected chi connectivity index (χ0v) is 12.6. The minimum absolute atomic E-state index is 0.237. The molecule has 0 fully saturated rings. The van der Waals surface area contributed by atoms with E-state index in [1.165, 1.54) is 0 Å². The van der Waals surface area contributed by atoms with Crippen LogP contribution in [0.25, 0.3) is 0 Å². The number of ether oxygens (including phenoxy) is 1. The molecule has 0 bridgehead atoms. The largest absolute Gasteiger partial charge is 0.354 e. The molecule has 102 valence electrons. The number of alkyl halides is 1. The lowest BCUT2D eigenvalue weighted by atomic mass is 10.1. The van der Waals surface area contributed by atoms with Crippen LogP contribution in [0.4, 0.5) is 0 Å². The maximum Gasteiger partial charge on any atom is 0.253 e. The fraction of sp³-hybridized carbons (Fsp3) is 0.133. The van der Waals surface area contributed by atoms with Crippen LogP contribution in [0.2, 0.25) is 0 Å². The number of aliphatic hydroxyl groups is 1. The van der Waals surface area contributed by atoms with Crippen molar-refractivity contribution in [3.8, 4) is 0 Å². The third kappa shape index (κ3) is 2.44. The molecular formula is C15H12INO3. The average molecular weight is 381 g/mol. The highest BCUT2D eigenvalue weighted by Gasteiger charge is 2.42. The van der Waals surface area contributed by atoms with Crippen molar-refractivity contribution in [3.05, 3.63) is 71.3 Å². The topological polar surface area (TPSA) is 58.6 Å². The van der Waals surface area contributed by atoms with Gasteiger partial charge in [-0.05, 0) is 34.7 Å². The van der Waals surface area contributed by atoms with E-state index >= 15 is 0 Å².